The van der Waals surface area contributed by atoms with Crippen LogP contribution in [0.3, 0.4) is 0 Å². The van der Waals surface area contributed by atoms with Crippen molar-refractivity contribution < 1.29 is 14.3 Å². The van der Waals surface area contributed by atoms with E-state index < -0.39 is 0 Å². The van der Waals surface area contributed by atoms with E-state index in [9.17, 15) is 4.79 Å². The van der Waals surface area contributed by atoms with Gasteiger partial charge in [-0.2, -0.15) is 0 Å². The second kappa shape index (κ2) is 7.17. The zero-order valence-electron chi connectivity index (χ0n) is 14.6. The third-order valence-electron chi connectivity index (χ3n) is 4.57. The van der Waals surface area contributed by atoms with Gasteiger partial charge in [-0.15, -0.1) is 0 Å². The maximum absolute atomic E-state index is 12.6. The fourth-order valence-corrected chi connectivity index (χ4v) is 3.14. The second-order valence-corrected chi connectivity index (χ2v) is 6.23. The number of benzene rings is 1. The van der Waals surface area contributed by atoms with E-state index >= 15 is 0 Å². The fraction of sp³-hybridized carbons (Fsp3) is 0.389. The number of para-hydroxylation sites is 2. The molecule has 136 valence electrons. The van der Waals surface area contributed by atoms with Crippen LogP contribution < -0.4 is 15.0 Å². The van der Waals surface area contributed by atoms with Crippen molar-refractivity contribution in [2.45, 2.75) is 13.1 Å². The number of morpholine rings is 1. The van der Waals surface area contributed by atoms with Gasteiger partial charge in [-0.05, 0) is 12.1 Å². The summed E-state index contributed by atoms with van der Waals surface area (Å²) in [4.78, 5) is 25.6. The van der Waals surface area contributed by atoms with E-state index in [1.807, 2.05) is 30.5 Å². The molecule has 1 fully saturated rings. The average molecular weight is 355 g/mol. The van der Waals surface area contributed by atoms with Gasteiger partial charge in [-0.1, -0.05) is 12.1 Å². The topological polar surface area (TPSA) is 79.8 Å². The Kier molecular flexibility index (Phi) is 4.57. The van der Waals surface area contributed by atoms with Crippen LogP contribution in [-0.2, 0) is 17.8 Å². The Morgan fingerprint density at radius 1 is 1.23 bits per heavy atom. The molecule has 0 unspecified atom stereocenters. The summed E-state index contributed by atoms with van der Waals surface area (Å²) in [5.74, 6) is 1.34. The Labute approximate surface area is 151 Å². The van der Waals surface area contributed by atoms with Gasteiger partial charge in [0.05, 0.1) is 44.8 Å². The van der Waals surface area contributed by atoms with Gasteiger partial charge in [-0.25, -0.2) is 14.8 Å². The van der Waals surface area contributed by atoms with E-state index in [4.69, 9.17) is 9.47 Å². The highest BCUT2D eigenvalue weighted by atomic mass is 16.5. The number of rotatable bonds is 3. The van der Waals surface area contributed by atoms with Gasteiger partial charge < -0.3 is 24.6 Å². The normalized spacial score (nSPS) is 16.3. The molecule has 8 heteroatoms. The van der Waals surface area contributed by atoms with E-state index in [1.54, 1.807) is 12.0 Å². The highest BCUT2D eigenvalue weighted by molar-refractivity contribution is 5.91. The molecule has 0 spiro atoms. The number of methoxy groups -OCH3 is 1. The summed E-state index contributed by atoms with van der Waals surface area (Å²) in [6, 6.07) is 7.17. The fourth-order valence-electron chi connectivity index (χ4n) is 3.14. The predicted molar refractivity (Wildman–Crippen MR) is 96.3 cm³/mol. The van der Waals surface area contributed by atoms with E-state index in [2.05, 4.69) is 20.2 Å². The molecule has 0 aliphatic carbocycles. The number of ether oxygens (including phenoxy) is 2. The summed E-state index contributed by atoms with van der Waals surface area (Å²) in [5, 5.41) is 2.90. The minimum Gasteiger partial charge on any atom is -0.495 e. The summed E-state index contributed by atoms with van der Waals surface area (Å²) in [6.07, 6.45) is 1.82. The first-order valence-corrected chi connectivity index (χ1v) is 8.61. The lowest BCUT2D eigenvalue weighted by atomic mass is 10.3. The summed E-state index contributed by atoms with van der Waals surface area (Å²) in [6.45, 7) is 3.92. The third-order valence-corrected chi connectivity index (χ3v) is 4.57. The maximum atomic E-state index is 12.6. The highest BCUT2D eigenvalue weighted by Crippen LogP contribution is 2.26. The quantitative estimate of drug-likeness (QED) is 0.905. The molecule has 4 rings (SSSR count). The van der Waals surface area contributed by atoms with Crippen molar-refractivity contribution in [2.24, 2.45) is 0 Å². The zero-order valence-corrected chi connectivity index (χ0v) is 14.6. The van der Waals surface area contributed by atoms with Crippen molar-refractivity contribution in [1.82, 2.24) is 14.9 Å². The van der Waals surface area contributed by atoms with Crippen molar-refractivity contribution in [3.8, 4) is 5.75 Å². The van der Waals surface area contributed by atoms with Crippen LogP contribution in [-0.4, -0.2) is 54.3 Å². The molecule has 0 bridgehead atoms. The zero-order chi connectivity index (χ0) is 17.9. The smallest absolute Gasteiger partial charge is 0.322 e. The maximum Gasteiger partial charge on any atom is 0.322 e. The van der Waals surface area contributed by atoms with Gasteiger partial charge in [0.25, 0.3) is 0 Å². The van der Waals surface area contributed by atoms with Crippen LogP contribution in [0.1, 0.15) is 11.3 Å². The van der Waals surface area contributed by atoms with Crippen molar-refractivity contribution >= 4 is 17.7 Å². The largest absolute Gasteiger partial charge is 0.495 e. The molecule has 2 amide bonds. The Hall–Kier alpha value is -2.87. The second-order valence-electron chi connectivity index (χ2n) is 6.23. The van der Waals surface area contributed by atoms with Gasteiger partial charge in [0.15, 0.2) is 0 Å². The lowest BCUT2D eigenvalue weighted by molar-refractivity contribution is 0.122. The average Bonchev–Trinajstić information content (AvgIpc) is 3.12. The molecular formula is C18H21N5O3. The summed E-state index contributed by atoms with van der Waals surface area (Å²) < 4.78 is 10.7. The minimum absolute atomic E-state index is 0.180. The number of aromatic nitrogens is 2. The molecular weight excluding hydrogens is 334 g/mol. The van der Waals surface area contributed by atoms with Crippen molar-refractivity contribution in [3.05, 3.63) is 41.7 Å². The van der Waals surface area contributed by atoms with Gasteiger partial charge in [0.2, 0.25) is 5.95 Å². The van der Waals surface area contributed by atoms with Crippen LogP contribution in [0.5, 0.6) is 5.75 Å². The molecule has 8 nitrogen and oxygen atoms in total. The van der Waals surface area contributed by atoms with Gasteiger partial charge in [0.1, 0.15) is 5.75 Å². The molecule has 0 saturated carbocycles. The van der Waals surface area contributed by atoms with E-state index in [-0.39, 0.29) is 6.03 Å². The lowest BCUT2D eigenvalue weighted by Crippen LogP contribution is -2.37. The van der Waals surface area contributed by atoms with E-state index in [1.165, 1.54) is 0 Å². The number of anilines is 2. The predicted octanol–water partition coefficient (Wildman–Crippen LogP) is 1.87. The number of hydrogen-bond acceptors (Lipinski definition) is 6. The van der Waals surface area contributed by atoms with Crippen LogP contribution in [0.15, 0.2) is 30.5 Å². The first-order chi connectivity index (χ1) is 12.7. The SMILES string of the molecule is COc1ccccc1NC(=O)N1Cc2cnc(N3CCOCC3)nc2C1. The van der Waals surface area contributed by atoms with Crippen molar-refractivity contribution in [2.75, 3.05) is 43.6 Å². The van der Waals surface area contributed by atoms with Crippen LogP contribution >= 0.6 is 0 Å². The molecule has 2 aliphatic rings. The van der Waals surface area contributed by atoms with Gasteiger partial charge in [-0.3, -0.25) is 0 Å². The molecule has 0 atom stereocenters. The lowest BCUT2D eigenvalue weighted by Gasteiger charge is -2.26. The number of fused-ring (bicyclic) bond motifs is 1. The molecule has 26 heavy (non-hydrogen) atoms. The monoisotopic (exact) mass is 355 g/mol. The molecule has 1 saturated heterocycles. The Morgan fingerprint density at radius 3 is 2.85 bits per heavy atom. The third kappa shape index (κ3) is 3.28. The molecule has 2 aliphatic heterocycles. The van der Waals surface area contributed by atoms with Crippen molar-refractivity contribution in [1.29, 1.82) is 0 Å². The number of carbonyl (C=O) groups excluding carboxylic acids is 1. The Bertz CT molecular complexity index is 807. The van der Waals surface area contributed by atoms with Gasteiger partial charge >= 0.3 is 6.03 Å². The van der Waals surface area contributed by atoms with Crippen LogP contribution in [0.2, 0.25) is 0 Å². The number of urea groups is 1. The van der Waals surface area contributed by atoms with Crippen LogP contribution in [0, 0.1) is 0 Å². The highest BCUT2D eigenvalue weighted by Gasteiger charge is 2.27. The first kappa shape index (κ1) is 16.6. The number of hydrogen-bond donors (Lipinski definition) is 1. The summed E-state index contributed by atoms with van der Waals surface area (Å²) >= 11 is 0. The molecule has 0 radical (unpaired) electrons. The number of nitrogens with one attached hydrogen (secondary N) is 1. The molecule has 1 aromatic carbocycles. The summed E-state index contributed by atoms with van der Waals surface area (Å²) in [7, 11) is 1.58. The van der Waals surface area contributed by atoms with E-state index in [0.717, 1.165) is 24.3 Å². The molecule has 1 N–H and O–H groups in total. The summed E-state index contributed by atoms with van der Waals surface area (Å²) in [5.41, 5.74) is 2.53. The van der Waals surface area contributed by atoms with E-state index in [0.29, 0.717) is 43.7 Å². The minimum atomic E-state index is -0.180. The molecule has 1 aromatic heterocycles. The molecule has 2 aromatic rings. The first-order valence-electron chi connectivity index (χ1n) is 8.61. The van der Waals surface area contributed by atoms with Crippen molar-refractivity contribution in [3.63, 3.8) is 0 Å². The Balaban J connectivity index is 1.45. The van der Waals surface area contributed by atoms with Gasteiger partial charge in [0, 0.05) is 24.8 Å². The number of carbonyl (C=O) groups is 1. The number of amides is 2. The number of nitrogens with zero attached hydrogens (tertiary/aromatic N) is 4. The Morgan fingerprint density at radius 2 is 2.04 bits per heavy atom. The standard InChI is InChI=1S/C18H21N5O3/c1-25-16-5-3-2-4-14(16)21-18(24)23-11-13-10-19-17(20-15(13)12-23)22-6-8-26-9-7-22/h2-5,10H,6-9,11-12H2,1H3,(H,21,24). The van der Waals surface area contributed by atoms with Crippen LogP contribution in [0.4, 0.5) is 16.4 Å². The van der Waals surface area contributed by atoms with Crippen LogP contribution in [0.25, 0.3) is 0 Å². The molecule has 3 heterocycles.